The molecule has 0 radical (unpaired) electrons. The molecule has 0 aliphatic rings. The van der Waals surface area contributed by atoms with Gasteiger partial charge in [0.2, 0.25) is 0 Å². The molecule has 1 aromatic carbocycles. The van der Waals surface area contributed by atoms with Crippen molar-refractivity contribution < 1.29 is 19.1 Å². The minimum absolute atomic E-state index is 0.172. The Bertz CT molecular complexity index is 523. The maximum Gasteiger partial charge on any atom is 0.298 e. The van der Waals surface area contributed by atoms with Crippen LogP contribution in [0.5, 0.6) is 5.75 Å². The van der Waals surface area contributed by atoms with E-state index in [2.05, 4.69) is 5.32 Å². The highest BCUT2D eigenvalue weighted by Crippen LogP contribution is 2.21. The molecule has 114 valence electrons. The van der Waals surface area contributed by atoms with Crippen LogP contribution in [0.2, 0.25) is 0 Å². The second-order valence-electron chi connectivity index (χ2n) is 4.41. The van der Waals surface area contributed by atoms with Crippen LogP contribution in [-0.2, 0) is 9.53 Å². The third-order valence-electron chi connectivity index (χ3n) is 3.05. The van der Waals surface area contributed by atoms with E-state index < -0.39 is 0 Å². The van der Waals surface area contributed by atoms with E-state index in [1.54, 1.807) is 31.2 Å². The SMILES string of the molecule is CCOCCN/C(C)=C(/C)C(=O)c1ccccc1OC=O. The molecule has 0 bridgehead atoms. The second kappa shape index (κ2) is 8.92. The van der Waals surface area contributed by atoms with E-state index in [1.807, 2.05) is 13.8 Å². The van der Waals surface area contributed by atoms with E-state index in [4.69, 9.17) is 9.47 Å². The molecule has 5 nitrogen and oxygen atoms in total. The second-order valence-corrected chi connectivity index (χ2v) is 4.41. The molecule has 5 heteroatoms. The number of hydrogen-bond acceptors (Lipinski definition) is 5. The molecule has 1 aromatic rings. The lowest BCUT2D eigenvalue weighted by molar-refractivity contribution is -0.120. The Labute approximate surface area is 124 Å². The molecule has 0 saturated carbocycles. The molecule has 0 spiro atoms. The van der Waals surface area contributed by atoms with Crippen LogP contribution in [0.15, 0.2) is 35.5 Å². The summed E-state index contributed by atoms with van der Waals surface area (Å²) >= 11 is 0. The van der Waals surface area contributed by atoms with E-state index in [0.29, 0.717) is 37.4 Å². The number of ketones is 1. The number of benzene rings is 1. The van der Waals surface area contributed by atoms with Crippen molar-refractivity contribution in [2.75, 3.05) is 19.8 Å². The van der Waals surface area contributed by atoms with E-state index in [-0.39, 0.29) is 11.5 Å². The predicted octanol–water partition coefficient (Wildman–Crippen LogP) is 2.32. The summed E-state index contributed by atoms with van der Waals surface area (Å²) in [6.07, 6.45) is 0. The summed E-state index contributed by atoms with van der Waals surface area (Å²) in [6.45, 7) is 7.71. The lowest BCUT2D eigenvalue weighted by atomic mass is 10.0. The third-order valence-corrected chi connectivity index (χ3v) is 3.05. The van der Waals surface area contributed by atoms with Gasteiger partial charge in [0.05, 0.1) is 12.2 Å². The molecule has 21 heavy (non-hydrogen) atoms. The van der Waals surface area contributed by atoms with Crippen molar-refractivity contribution in [2.24, 2.45) is 0 Å². The van der Waals surface area contributed by atoms with Crippen LogP contribution in [0.25, 0.3) is 0 Å². The first-order valence-corrected chi connectivity index (χ1v) is 6.85. The van der Waals surface area contributed by atoms with Gasteiger partial charge in [-0.3, -0.25) is 9.59 Å². The highest BCUT2D eigenvalue weighted by Gasteiger charge is 2.15. The standard InChI is InChI=1S/C16H21NO4/c1-4-20-10-9-17-13(3)12(2)16(19)14-7-5-6-8-15(14)21-11-18/h5-8,11,17H,4,9-10H2,1-3H3/b13-12-. The summed E-state index contributed by atoms with van der Waals surface area (Å²) in [7, 11) is 0. The Hall–Kier alpha value is -2.14. The summed E-state index contributed by atoms with van der Waals surface area (Å²) in [6, 6.07) is 6.67. The lowest BCUT2D eigenvalue weighted by Crippen LogP contribution is -2.20. The average molecular weight is 291 g/mol. The topological polar surface area (TPSA) is 64.6 Å². The molecule has 0 unspecified atom stereocenters. The fourth-order valence-electron chi connectivity index (χ4n) is 1.77. The van der Waals surface area contributed by atoms with Crippen LogP contribution in [0.4, 0.5) is 0 Å². The zero-order valence-electron chi connectivity index (χ0n) is 12.6. The molecule has 0 fully saturated rings. The Morgan fingerprint density at radius 2 is 2.00 bits per heavy atom. The van der Waals surface area contributed by atoms with Gasteiger partial charge in [0.25, 0.3) is 6.47 Å². The maximum atomic E-state index is 12.4. The first kappa shape index (κ1) is 16.9. The van der Waals surface area contributed by atoms with Gasteiger partial charge >= 0.3 is 0 Å². The fourth-order valence-corrected chi connectivity index (χ4v) is 1.77. The summed E-state index contributed by atoms with van der Waals surface area (Å²) in [5.41, 5.74) is 1.72. The van der Waals surface area contributed by atoms with Gasteiger partial charge in [0.1, 0.15) is 5.75 Å². The van der Waals surface area contributed by atoms with Crippen molar-refractivity contribution in [3.05, 3.63) is 41.1 Å². The van der Waals surface area contributed by atoms with Crippen molar-refractivity contribution in [3.8, 4) is 5.75 Å². The van der Waals surface area contributed by atoms with Gasteiger partial charge in [-0.05, 0) is 32.9 Å². The number of hydrogen-bond donors (Lipinski definition) is 1. The van der Waals surface area contributed by atoms with Crippen molar-refractivity contribution in [2.45, 2.75) is 20.8 Å². The van der Waals surface area contributed by atoms with Gasteiger partial charge in [0, 0.05) is 24.4 Å². The Kier molecular flexibility index (Phi) is 7.18. The van der Waals surface area contributed by atoms with Gasteiger partial charge in [-0.25, -0.2) is 0 Å². The molecular weight excluding hydrogens is 270 g/mol. The Morgan fingerprint density at radius 1 is 1.29 bits per heavy atom. The van der Waals surface area contributed by atoms with Crippen molar-refractivity contribution in [1.29, 1.82) is 0 Å². The zero-order chi connectivity index (χ0) is 15.7. The molecule has 0 amide bonds. The van der Waals surface area contributed by atoms with Gasteiger partial charge in [-0.2, -0.15) is 0 Å². The number of allylic oxidation sites excluding steroid dienone is 2. The Morgan fingerprint density at radius 3 is 2.67 bits per heavy atom. The monoisotopic (exact) mass is 291 g/mol. The van der Waals surface area contributed by atoms with Gasteiger partial charge in [-0.15, -0.1) is 0 Å². The number of carbonyl (C=O) groups excluding carboxylic acids is 2. The number of carbonyl (C=O) groups is 2. The zero-order valence-corrected chi connectivity index (χ0v) is 12.6. The summed E-state index contributed by atoms with van der Waals surface area (Å²) in [5.74, 6) is 0.0906. The van der Waals surface area contributed by atoms with E-state index in [0.717, 1.165) is 5.70 Å². The van der Waals surface area contributed by atoms with E-state index in [9.17, 15) is 9.59 Å². The molecule has 0 saturated heterocycles. The number of rotatable bonds is 9. The van der Waals surface area contributed by atoms with Crippen LogP contribution >= 0.6 is 0 Å². The number of Topliss-reactive ketones (excluding diaryl/α,β-unsaturated/α-hetero) is 1. The van der Waals surface area contributed by atoms with E-state index >= 15 is 0 Å². The highest BCUT2D eigenvalue weighted by molar-refractivity contribution is 6.10. The molecule has 1 N–H and O–H groups in total. The van der Waals surface area contributed by atoms with Gasteiger partial charge < -0.3 is 14.8 Å². The fraction of sp³-hybridized carbons (Fsp3) is 0.375. The van der Waals surface area contributed by atoms with Crippen LogP contribution in [-0.4, -0.2) is 32.0 Å². The minimum Gasteiger partial charge on any atom is -0.428 e. The molecule has 0 heterocycles. The number of ether oxygens (including phenoxy) is 2. The van der Waals surface area contributed by atoms with Gasteiger partial charge in [0.15, 0.2) is 5.78 Å². The van der Waals surface area contributed by atoms with Gasteiger partial charge in [-0.1, -0.05) is 12.1 Å². The Balaban J connectivity index is 2.83. The molecule has 0 aromatic heterocycles. The average Bonchev–Trinajstić information content (AvgIpc) is 2.51. The molecular formula is C16H21NO4. The van der Waals surface area contributed by atoms with E-state index in [1.165, 1.54) is 0 Å². The normalized spacial score (nSPS) is 11.6. The summed E-state index contributed by atoms with van der Waals surface area (Å²) in [5, 5.41) is 3.14. The molecule has 0 aliphatic heterocycles. The van der Waals surface area contributed by atoms with Crippen LogP contribution in [0.1, 0.15) is 31.1 Å². The lowest BCUT2D eigenvalue weighted by Gasteiger charge is -2.11. The molecule has 0 atom stereocenters. The molecule has 1 rings (SSSR count). The van der Waals surface area contributed by atoms with Crippen molar-refractivity contribution in [1.82, 2.24) is 5.32 Å². The highest BCUT2D eigenvalue weighted by atomic mass is 16.5. The number of para-hydroxylation sites is 1. The summed E-state index contributed by atoms with van der Waals surface area (Å²) in [4.78, 5) is 22.9. The largest absolute Gasteiger partial charge is 0.428 e. The first-order chi connectivity index (χ1) is 10.1. The third kappa shape index (κ3) is 5.04. The minimum atomic E-state index is -0.172. The molecule has 0 aliphatic carbocycles. The predicted molar refractivity (Wildman–Crippen MR) is 80.3 cm³/mol. The summed E-state index contributed by atoms with van der Waals surface area (Å²) < 4.78 is 10.1. The number of nitrogens with one attached hydrogen (secondary N) is 1. The van der Waals surface area contributed by atoms with Crippen LogP contribution < -0.4 is 10.1 Å². The van der Waals surface area contributed by atoms with Crippen molar-refractivity contribution >= 4 is 12.3 Å². The first-order valence-electron chi connectivity index (χ1n) is 6.85. The van der Waals surface area contributed by atoms with Crippen LogP contribution in [0.3, 0.4) is 0 Å². The van der Waals surface area contributed by atoms with Crippen LogP contribution in [0, 0.1) is 0 Å². The maximum absolute atomic E-state index is 12.4. The quantitative estimate of drug-likeness (QED) is 0.327. The van der Waals surface area contributed by atoms with Crippen molar-refractivity contribution in [3.63, 3.8) is 0 Å². The smallest absolute Gasteiger partial charge is 0.298 e.